The molecule has 0 fully saturated rings. The topological polar surface area (TPSA) is 3.24 Å². The Kier molecular flexibility index (Phi) is 8.43. The van der Waals surface area contributed by atoms with E-state index < -0.39 is 0 Å². The van der Waals surface area contributed by atoms with E-state index in [4.69, 9.17) is 0 Å². The summed E-state index contributed by atoms with van der Waals surface area (Å²) in [7, 11) is 0. The van der Waals surface area contributed by atoms with Crippen LogP contribution in [0, 0.1) is 0 Å². The highest BCUT2D eigenvalue weighted by Gasteiger charge is 2.35. The number of anilines is 3. The molecule has 0 saturated heterocycles. The molecule has 0 amide bonds. The number of thiophene rings is 1. The molecule has 2 heteroatoms. The minimum atomic E-state index is -0.0801. The van der Waals surface area contributed by atoms with Crippen molar-refractivity contribution in [1.29, 1.82) is 0 Å². The van der Waals surface area contributed by atoms with Gasteiger partial charge in [0, 0.05) is 42.5 Å². The Labute approximate surface area is 350 Å². The van der Waals surface area contributed by atoms with E-state index in [1.165, 1.54) is 86.9 Å². The summed E-state index contributed by atoms with van der Waals surface area (Å²) < 4.78 is 2.59. The van der Waals surface area contributed by atoms with Crippen LogP contribution in [0.2, 0.25) is 0 Å². The molecule has 10 aromatic rings. The van der Waals surface area contributed by atoms with Gasteiger partial charge in [-0.15, -0.1) is 11.3 Å². The molecule has 0 saturated carbocycles. The van der Waals surface area contributed by atoms with E-state index in [2.05, 4.69) is 231 Å². The van der Waals surface area contributed by atoms with Gasteiger partial charge < -0.3 is 4.90 Å². The van der Waals surface area contributed by atoms with Crippen molar-refractivity contribution < 1.29 is 0 Å². The Morgan fingerprint density at radius 1 is 0.356 bits per heavy atom. The van der Waals surface area contributed by atoms with E-state index in [-0.39, 0.29) is 5.41 Å². The second-order valence-corrected chi connectivity index (χ2v) is 17.2. The molecule has 0 unspecified atom stereocenters. The zero-order valence-corrected chi connectivity index (χ0v) is 33.9. The fraction of sp³-hybridized carbons (Fsp3) is 0.0526. The van der Waals surface area contributed by atoms with E-state index in [9.17, 15) is 0 Å². The van der Waals surface area contributed by atoms with Crippen LogP contribution in [0.3, 0.4) is 0 Å². The van der Waals surface area contributed by atoms with Gasteiger partial charge in [-0.2, -0.15) is 0 Å². The van der Waals surface area contributed by atoms with Gasteiger partial charge in [0.2, 0.25) is 0 Å². The van der Waals surface area contributed by atoms with Crippen LogP contribution < -0.4 is 4.90 Å². The highest BCUT2D eigenvalue weighted by molar-refractivity contribution is 7.25. The summed E-state index contributed by atoms with van der Waals surface area (Å²) in [5, 5.41) is 2.56. The second-order valence-electron chi connectivity index (χ2n) is 16.1. The SMILES string of the molecule is CC1(C)c2ccccc2-c2ccc(-c3cccc(N(c4ccc5sc6ccccc6c5c4)c4cccc(-c5ccccc5)c4-c4ccccc4-c4ccccc4)c3)cc21. The molecule has 0 spiro atoms. The van der Waals surface area contributed by atoms with Crippen molar-refractivity contribution in [2.24, 2.45) is 0 Å². The average Bonchev–Trinajstić information content (AvgIpc) is 3.78. The first-order valence-corrected chi connectivity index (χ1v) is 21.2. The van der Waals surface area contributed by atoms with Gasteiger partial charge in [0.25, 0.3) is 0 Å². The van der Waals surface area contributed by atoms with Crippen molar-refractivity contribution in [2.75, 3.05) is 4.90 Å². The van der Waals surface area contributed by atoms with E-state index >= 15 is 0 Å². The Bertz CT molecular complexity index is 3190. The molecule has 0 aliphatic heterocycles. The zero-order chi connectivity index (χ0) is 39.5. The van der Waals surface area contributed by atoms with Crippen LogP contribution in [-0.4, -0.2) is 0 Å². The maximum atomic E-state index is 2.49. The third kappa shape index (κ3) is 5.91. The van der Waals surface area contributed by atoms with Crippen molar-refractivity contribution in [2.45, 2.75) is 19.3 Å². The van der Waals surface area contributed by atoms with E-state index in [1.807, 2.05) is 11.3 Å². The van der Waals surface area contributed by atoms with E-state index in [0.717, 1.165) is 17.1 Å². The van der Waals surface area contributed by atoms with Crippen molar-refractivity contribution >= 4 is 48.6 Å². The van der Waals surface area contributed by atoms with Crippen molar-refractivity contribution in [3.63, 3.8) is 0 Å². The van der Waals surface area contributed by atoms with Crippen LogP contribution >= 0.6 is 11.3 Å². The molecule has 0 radical (unpaired) electrons. The third-order valence-electron chi connectivity index (χ3n) is 12.3. The highest BCUT2D eigenvalue weighted by Crippen LogP contribution is 2.51. The molecule has 1 nitrogen and oxygen atoms in total. The molecule has 280 valence electrons. The fourth-order valence-corrected chi connectivity index (χ4v) is 10.5. The quantitative estimate of drug-likeness (QED) is 0.156. The van der Waals surface area contributed by atoms with E-state index in [0.29, 0.717) is 0 Å². The molecule has 0 atom stereocenters. The molecular formula is C57H41NS. The first-order chi connectivity index (χ1) is 29.0. The fourth-order valence-electron chi connectivity index (χ4n) is 9.43. The van der Waals surface area contributed by atoms with Gasteiger partial charge >= 0.3 is 0 Å². The maximum absolute atomic E-state index is 2.49. The minimum absolute atomic E-state index is 0.0801. The minimum Gasteiger partial charge on any atom is -0.310 e. The lowest BCUT2D eigenvalue weighted by Crippen LogP contribution is -2.15. The summed E-state index contributed by atoms with van der Waals surface area (Å²) in [5.41, 5.74) is 18.3. The molecular weight excluding hydrogens is 731 g/mol. The normalized spacial score (nSPS) is 12.7. The largest absolute Gasteiger partial charge is 0.310 e. The summed E-state index contributed by atoms with van der Waals surface area (Å²) in [4.78, 5) is 2.49. The zero-order valence-electron chi connectivity index (χ0n) is 33.1. The molecule has 1 aliphatic carbocycles. The van der Waals surface area contributed by atoms with Gasteiger partial charge in [-0.1, -0.05) is 178 Å². The molecule has 11 rings (SSSR count). The Balaban J connectivity index is 1.17. The van der Waals surface area contributed by atoms with Crippen molar-refractivity contribution in [3.05, 3.63) is 223 Å². The highest BCUT2D eigenvalue weighted by atomic mass is 32.1. The summed E-state index contributed by atoms with van der Waals surface area (Å²) >= 11 is 1.86. The molecule has 1 heterocycles. The van der Waals surface area contributed by atoms with Crippen LogP contribution in [0.4, 0.5) is 17.1 Å². The third-order valence-corrected chi connectivity index (χ3v) is 13.4. The van der Waals surface area contributed by atoms with Crippen LogP contribution in [0.15, 0.2) is 212 Å². The van der Waals surface area contributed by atoms with E-state index in [1.54, 1.807) is 0 Å². The summed E-state index contributed by atoms with van der Waals surface area (Å²) in [6, 6.07) is 78.2. The van der Waals surface area contributed by atoms with Crippen LogP contribution in [0.25, 0.3) is 75.8 Å². The van der Waals surface area contributed by atoms with Crippen molar-refractivity contribution in [1.82, 2.24) is 0 Å². The van der Waals surface area contributed by atoms with Crippen LogP contribution in [-0.2, 0) is 5.41 Å². The number of fused-ring (bicyclic) bond motifs is 6. The number of hydrogen-bond donors (Lipinski definition) is 0. The van der Waals surface area contributed by atoms with Crippen LogP contribution in [0.5, 0.6) is 0 Å². The van der Waals surface area contributed by atoms with Crippen LogP contribution in [0.1, 0.15) is 25.0 Å². The summed E-state index contributed by atoms with van der Waals surface area (Å²) in [6.45, 7) is 4.72. The Hall–Kier alpha value is -7.00. The second kappa shape index (κ2) is 14.1. The smallest absolute Gasteiger partial charge is 0.0546 e. The Morgan fingerprint density at radius 2 is 0.932 bits per heavy atom. The van der Waals surface area contributed by atoms with Gasteiger partial charge in [-0.3, -0.25) is 0 Å². The standard InChI is InChI=1S/C57H41NS/c1-57(2)51-28-13-11-24-46(51)47-33-31-41(36-52(47)57)40-21-15-22-42(35-40)58(43-32-34-55-50(37-43)48-25-12-14-30-54(48)59-55)53-29-16-27-45(39-19-7-4-8-20-39)56(53)49-26-10-9-23-44(49)38-17-5-3-6-18-38/h3-37H,1-2H3. The monoisotopic (exact) mass is 771 g/mol. The Morgan fingerprint density at radius 3 is 1.75 bits per heavy atom. The maximum Gasteiger partial charge on any atom is 0.0546 e. The molecule has 0 N–H and O–H groups in total. The molecule has 1 aromatic heterocycles. The predicted molar refractivity (Wildman–Crippen MR) is 253 cm³/mol. The molecule has 9 aromatic carbocycles. The molecule has 1 aliphatic rings. The predicted octanol–water partition coefficient (Wildman–Crippen LogP) is 16.5. The van der Waals surface area contributed by atoms with Gasteiger partial charge in [0.1, 0.15) is 0 Å². The van der Waals surface area contributed by atoms with Gasteiger partial charge in [-0.05, 0) is 110 Å². The molecule has 0 bridgehead atoms. The number of rotatable bonds is 7. The molecule has 59 heavy (non-hydrogen) atoms. The average molecular weight is 772 g/mol. The summed E-state index contributed by atoms with van der Waals surface area (Å²) in [5.74, 6) is 0. The van der Waals surface area contributed by atoms with Crippen molar-refractivity contribution in [3.8, 4) is 55.6 Å². The lowest BCUT2D eigenvalue weighted by molar-refractivity contribution is 0.660. The number of hydrogen-bond acceptors (Lipinski definition) is 2. The summed E-state index contributed by atoms with van der Waals surface area (Å²) in [6.07, 6.45) is 0. The lowest BCUT2D eigenvalue weighted by atomic mass is 9.81. The first kappa shape index (κ1) is 35.2. The van der Waals surface area contributed by atoms with Gasteiger partial charge in [0.15, 0.2) is 0 Å². The number of benzene rings is 9. The number of nitrogens with zero attached hydrogens (tertiary/aromatic N) is 1. The lowest BCUT2D eigenvalue weighted by Gasteiger charge is -2.30. The first-order valence-electron chi connectivity index (χ1n) is 20.4. The van der Waals surface area contributed by atoms with Gasteiger partial charge in [0.05, 0.1) is 5.69 Å². The van der Waals surface area contributed by atoms with Gasteiger partial charge in [-0.25, -0.2) is 0 Å².